The lowest BCUT2D eigenvalue weighted by Gasteiger charge is -2.10. The van der Waals surface area contributed by atoms with Crippen LogP contribution in [-0.4, -0.2) is 17.7 Å². The van der Waals surface area contributed by atoms with Crippen molar-refractivity contribution < 1.29 is 14.6 Å². The summed E-state index contributed by atoms with van der Waals surface area (Å²) in [6, 6.07) is 12.8. The maximum Gasteiger partial charge on any atom is 0.336 e. The fourth-order valence-electron chi connectivity index (χ4n) is 2.32. The van der Waals surface area contributed by atoms with Crippen molar-refractivity contribution in [3.63, 3.8) is 0 Å². The van der Waals surface area contributed by atoms with E-state index in [1.165, 1.54) is 5.56 Å². The van der Waals surface area contributed by atoms with Crippen molar-refractivity contribution in [1.82, 2.24) is 0 Å². The predicted molar refractivity (Wildman–Crippen MR) is 98.6 cm³/mol. The Balaban J connectivity index is 2.46. The van der Waals surface area contributed by atoms with Gasteiger partial charge in [-0.05, 0) is 48.2 Å². The highest BCUT2D eigenvalue weighted by molar-refractivity contribution is 6.31. The monoisotopic (exact) mass is 344 g/mol. The Hall–Kier alpha value is -2.26. The highest BCUT2D eigenvalue weighted by Crippen LogP contribution is 2.28. The first-order valence-electron chi connectivity index (χ1n) is 8.01. The van der Waals surface area contributed by atoms with Crippen molar-refractivity contribution in [1.29, 1.82) is 0 Å². The van der Waals surface area contributed by atoms with Crippen LogP contribution in [0.2, 0.25) is 5.02 Å². The zero-order valence-electron chi connectivity index (χ0n) is 13.9. The summed E-state index contributed by atoms with van der Waals surface area (Å²) in [6.07, 6.45) is 3.39. The molecule has 0 saturated carbocycles. The van der Waals surface area contributed by atoms with Crippen LogP contribution in [0.1, 0.15) is 37.0 Å². The van der Waals surface area contributed by atoms with Gasteiger partial charge in [-0.1, -0.05) is 49.7 Å². The molecule has 4 heteroatoms. The number of halogens is 1. The van der Waals surface area contributed by atoms with Gasteiger partial charge in [0.05, 0.1) is 12.2 Å². The molecule has 0 bridgehead atoms. The van der Waals surface area contributed by atoms with Gasteiger partial charge in [0, 0.05) is 10.6 Å². The molecule has 0 aromatic heterocycles. The predicted octanol–water partition coefficient (Wildman–Crippen LogP) is 5.32. The normalized spacial score (nSPS) is 11.4. The molecule has 0 aliphatic rings. The molecule has 0 atom stereocenters. The van der Waals surface area contributed by atoms with Gasteiger partial charge >= 0.3 is 5.97 Å². The molecule has 0 saturated heterocycles. The Kier molecular flexibility index (Phi) is 6.44. The van der Waals surface area contributed by atoms with Crippen LogP contribution in [-0.2, 0) is 11.2 Å². The second-order valence-electron chi connectivity index (χ2n) is 5.44. The number of carbonyl (C=O) groups is 1. The van der Waals surface area contributed by atoms with Crippen LogP contribution >= 0.6 is 11.6 Å². The van der Waals surface area contributed by atoms with Crippen LogP contribution in [0, 0.1) is 0 Å². The van der Waals surface area contributed by atoms with E-state index in [-0.39, 0.29) is 5.57 Å². The van der Waals surface area contributed by atoms with Crippen LogP contribution < -0.4 is 4.74 Å². The van der Waals surface area contributed by atoms with Crippen molar-refractivity contribution in [2.24, 2.45) is 0 Å². The van der Waals surface area contributed by atoms with Crippen molar-refractivity contribution in [2.45, 2.75) is 26.7 Å². The summed E-state index contributed by atoms with van der Waals surface area (Å²) in [7, 11) is 0. The summed E-state index contributed by atoms with van der Waals surface area (Å²) in [5, 5.41) is 10.1. The van der Waals surface area contributed by atoms with Gasteiger partial charge in [-0.15, -0.1) is 0 Å². The minimum Gasteiger partial charge on any atom is -0.493 e. The molecule has 0 aliphatic heterocycles. The Morgan fingerprint density at radius 1 is 1.17 bits per heavy atom. The molecule has 2 rings (SSSR count). The minimum atomic E-state index is -0.985. The number of rotatable bonds is 7. The van der Waals surface area contributed by atoms with E-state index in [0.29, 0.717) is 28.5 Å². The fraction of sp³-hybridized carbons (Fsp3) is 0.250. The molecular weight excluding hydrogens is 324 g/mol. The summed E-state index contributed by atoms with van der Waals surface area (Å²) >= 11 is 6.07. The van der Waals surface area contributed by atoms with Gasteiger partial charge in [-0.2, -0.15) is 0 Å². The molecular formula is C20H21ClO3. The van der Waals surface area contributed by atoms with Crippen molar-refractivity contribution in [3.05, 3.63) is 64.2 Å². The van der Waals surface area contributed by atoms with Gasteiger partial charge in [0.15, 0.2) is 0 Å². The van der Waals surface area contributed by atoms with Crippen LogP contribution in [0.3, 0.4) is 0 Å². The number of ether oxygens (including phenoxy) is 1. The van der Waals surface area contributed by atoms with E-state index in [1.807, 2.05) is 31.2 Å². The Morgan fingerprint density at radius 3 is 2.46 bits per heavy atom. The number of carboxylic acids is 1. The van der Waals surface area contributed by atoms with E-state index in [4.69, 9.17) is 16.3 Å². The lowest BCUT2D eigenvalue weighted by Crippen LogP contribution is -2.01. The van der Waals surface area contributed by atoms with Gasteiger partial charge in [0.2, 0.25) is 0 Å². The van der Waals surface area contributed by atoms with Gasteiger partial charge in [-0.25, -0.2) is 4.79 Å². The summed E-state index contributed by atoms with van der Waals surface area (Å²) in [5.41, 5.74) is 2.69. The molecule has 0 heterocycles. The van der Waals surface area contributed by atoms with Crippen LogP contribution in [0.4, 0.5) is 0 Å². The molecule has 2 aromatic rings. The Bertz CT molecular complexity index is 733. The average Bonchev–Trinajstić information content (AvgIpc) is 2.58. The lowest BCUT2D eigenvalue weighted by atomic mass is 10.0. The first-order valence-corrected chi connectivity index (χ1v) is 8.39. The maximum atomic E-state index is 11.7. The Labute approximate surface area is 147 Å². The van der Waals surface area contributed by atoms with E-state index in [0.717, 1.165) is 12.8 Å². The van der Waals surface area contributed by atoms with E-state index in [2.05, 4.69) is 6.92 Å². The smallest absolute Gasteiger partial charge is 0.336 e. The fourth-order valence-corrected chi connectivity index (χ4v) is 2.50. The van der Waals surface area contributed by atoms with E-state index >= 15 is 0 Å². The van der Waals surface area contributed by atoms with Crippen molar-refractivity contribution in [2.75, 3.05) is 6.61 Å². The third-order valence-electron chi connectivity index (χ3n) is 3.64. The topological polar surface area (TPSA) is 46.5 Å². The van der Waals surface area contributed by atoms with Crippen LogP contribution in [0.15, 0.2) is 42.5 Å². The highest BCUT2D eigenvalue weighted by Gasteiger charge is 2.13. The maximum absolute atomic E-state index is 11.7. The Morgan fingerprint density at radius 2 is 1.88 bits per heavy atom. The summed E-state index contributed by atoms with van der Waals surface area (Å²) in [4.78, 5) is 11.7. The molecule has 0 aliphatic carbocycles. The molecule has 3 nitrogen and oxygen atoms in total. The molecule has 0 unspecified atom stereocenters. The van der Waals surface area contributed by atoms with E-state index in [9.17, 15) is 9.90 Å². The standard InChI is InChI=1S/C20H21ClO3/c1-3-11-24-19-10-9-17(21)12-16(19)13-18(20(22)23)15-7-5-14(4-2)6-8-15/h5-10,12-13H,3-4,11H2,1-2H3,(H,22,23)/b18-13-. The molecule has 24 heavy (non-hydrogen) atoms. The first-order chi connectivity index (χ1) is 11.5. The number of aliphatic carboxylic acids is 1. The van der Waals surface area contributed by atoms with Crippen molar-refractivity contribution >= 4 is 29.2 Å². The van der Waals surface area contributed by atoms with Gasteiger partial charge in [0.1, 0.15) is 5.75 Å². The summed E-state index contributed by atoms with van der Waals surface area (Å²) < 4.78 is 5.70. The molecule has 126 valence electrons. The third-order valence-corrected chi connectivity index (χ3v) is 3.87. The van der Waals surface area contributed by atoms with E-state index < -0.39 is 5.97 Å². The second kappa shape index (κ2) is 8.55. The molecule has 0 radical (unpaired) electrons. The number of aryl methyl sites for hydroxylation is 1. The molecule has 0 amide bonds. The summed E-state index contributed by atoms with van der Waals surface area (Å²) in [5.74, 6) is -0.356. The first kappa shape index (κ1) is 18.1. The number of hydrogen-bond acceptors (Lipinski definition) is 2. The largest absolute Gasteiger partial charge is 0.493 e. The van der Waals surface area contributed by atoms with Crippen molar-refractivity contribution in [3.8, 4) is 5.75 Å². The SMILES string of the molecule is CCCOc1ccc(Cl)cc1/C=C(\C(=O)O)c1ccc(CC)cc1. The zero-order chi connectivity index (χ0) is 17.5. The molecule has 1 N–H and O–H groups in total. The molecule has 0 fully saturated rings. The number of benzene rings is 2. The summed E-state index contributed by atoms with van der Waals surface area (Å²) in [6.45, 7) is 4.64. The highest BCUT2D eigenvalue weighted by atomic mass is 35.5. The lowest BCUT2D eigenvalue weighted by molar-refractivity contribution is -0.130. The quantitative estimate of drug-likeness (QED) is 0.546. The molecule has 0 spiro atoms. The number of hydrogen-bond donors (Lipinski definition) is 1. The average molecular weight is 345 g/mol. The van der Waals surface area contributed by atoms with Crippen LogP contribution in [0.5, 0.6) is 5.75 Å². The van der Waals surface area contributed by atoms with Gasteiger partial charge in [-0.3, -0.25) is 0 Å². The van der Waals surface area contributed by atoms with Crippen LogP contribution in [0.25, 0.3) is 11.6 Å². The second-order valence-corrected chi connectivity index (χ2v) is 5.88. The van der Waals surface area contributed by atoms with Gasteiger partial charge in [0.25, 0.3) is 0 Å². The molecule has 2 aromatic carbocycles. The van der Waals surface area contributed by atoms with E-state index in [1.54, 1.807) is 24.3 Å². The van der Waals surface area contributed by atoms with Gasteiger partial charge < -0.3 is 9.84 Å². The third kappa shape index (κ3) is 4.62. The zero-order valence-corrected chi connectivity index (χ0v) is 14.6. The minimum absolute atomic E-state index is 0.210. The number of carboxylic acid groups (broad SMARTS) is 1.